The lowest BCUT2D eigenvalue weighted by Crippen LogP contribution is -2.41. The first-order valence-corrected chi connectivity index (χ1v) is 13.0. The van der Waals surface area contributed by atoms with Crippen molar-refractivity contribution in [3.05, 3.63) is 107 Å². The first-order valence-electron chi connectivity index (χ1n) is 13.0. The molecule has 4 aromatic rings. The predicted octanol–water partition coefficient (Wildman–Crippen LogP) is 6.57. The summed E-state index contributed by atoms with van der Waals surface area (Å²) in [6.07, 6.45) is -1.30. The Labute approximate surface area is 225 Å². The number of ether oxygens (including phenoxy) is 1. The zero-order valence-corrected chi connectivity index (χ0v) is 21.7. The number of benzene rings is 3. The third-order valence-corrected chi connectivity index (χ3v) is 6.99. The minimum Gasteiger partial charge on any atom is -0.490 e. The lowest BCUT2D eigenvalue weighted by Gasteiger charge is -2.32. The van der Waals surface area contributed by atoms with Crippen LogP contribution in [0.3, 0.4) is 0 Å². The summed E-state index contributed by atoms with van der Waals surface area (Å²) in [5, 5.41) is 1.14. The van der Waals surface area contributed by atoms with E-state index in [4.69, 9.17) is 4.74 Å². The van der Waals surface area contributed by atoms with Crippen molar-refractivity contribution in [2.24, 2.45) is 0 Å². The molecule has 1 fully saturated rings. The Kier molecular flexibility index (Phi) is 7.84. The van der Waals surface area contributed by atoms with Crippen molar-refractivity contribution in [3.63, 3.8) is 0 Å². The smallest absolute Gasteiger partial charge is 0.416 e. The quantitative estimate of drug-likeness (QED) is 0.270. The highest BCUT2D eigenvalue weighted by Crippen LogP contribution is 2.29. The maximum atomic E-state index is 12.8. The van der Waals surface area contributed by atoms with Crippen LogP contribution in [0.15, 0.2) is 85.1 Å². The molecule has 3 aromatic carbocycles. The molecule has 1 saturated heterocycles. The molecule has 0 aliphatic carbocycles. The van der Waals surface area contributed by atoms with E-state index in [1.807, 2.05) is 18.2 Å². The fourth-order valence-corrected chi connectivity index (χ4v) is 4.93. The molecule has 1 amide bonds. The number of amides is 1. The van der Waals surface area contributed by atoms with Gasteiger partial charge in [-0.1, -0.05) is 24.3 Å². The third-order valence-electron chi connectivity index (χ3n) is 6.99. The van der Waals surface area contributed by atoms with E-state index in [0.717, 1.165) is 41.9 Å². The van der Waals surface area contributed by atoms with Crippen LogP contribution in [0.1, 0.15) is 39.9 Å². The van der Waals surface area contributed by atoms with Crippen LogP contribution in [0.25, 0.3) is 10.9 Å². The second-order valence-electron chi connectivity index (χ2n) is 10.0. The molecular formula is C31H30F3N3O2. The van der Waals surface area contributed by atoms with E-state index >= 15 is 0 Å². The Balaban J connectivity index is 1.09. The summed E-state index contributed by atoms with van der Waals surface area (Å²) in [6.45, 7) is 2.62. The zero-order chi connectivity index (χ0) is 27.4. The normalized spacial score (nSPS) is 14.6. The van der Waals surface area contributed by atoms with Crippen LogP contribution in [0.5, 0.6) is 5.75 Å². The van der Waals surface area contributed by atoms with Crippen LogP contribution in [0.2, 0.25) is 0 Å². The molecule has 8 heteroatoms. The first-order chi connectivity index (χ1) is 18.7. The molecule has 0 spiro atoms. The van der Waals surface area contributed by atoms with Crippen LogP contribution >= 0.6 is 0 Å². The van der Waals surface area contributed by atoms with E-state index in [1.165, 1.54) is 23.3 Å². The number of nitrogens with zero attached hydrogens (tertiary/aromatic N) is 3. The van der Waals surface area contributed by atoms with Gasteiger partial charge in [-0.25, -0.2) is 0 Å². The Hall–Kier alpha value is -3.91. The number of rotatable bonds is 7. The number of hydrogen-bond acceptors (Lipinski definition) is 4. The number of pyridine rings is 1. The maximum absolute atomic E-state index is 12.8. The van der Waals surface area contributed by atoms with Crippen molar-refractivity contribution in [2.45, 2.75) is 38.2 Å². The van der Waals surface area contributed by atoms with Gasteiger partial charge in [0, 0.05) is 56.2 Å². The van der Waals surface area contributed by atoms with E-state index in [9.17, 15) is 18.0 Å². The van der Waals surface area contributed by atoms with Crippen molar-refractivity contribution in [2.75, 3.05) is 20.1 Å². The van der Waals surface area contributed by atoms with Gasteiger partial charge in [-0.2, -0.15) is 13.2 Å². The summed E-state index contributed by atoms with van der Waals surface area (Å²) in [5.74, 6) is 0.534. The Bertz CT molecular complexity index is 1410. The van der Waals surface area contributed by atoms with Crippen molar-refractivity contribution >= 4 is 16.8 Å². The van der Waals surface area contributed by atoms with Gasteiger partial charge < -0.3 is 9.64 Å². The van der Waals surface area contributed by atoms with E-state index < -0.39 is 11.7 Å². The summed E-state index contributed by atoms with van der Waals surface area (Å²) >= 11 is 0. The van der Waals surface area contributed by atoms with Gasteiger partial charge in [-0.05, 0) is 72.8 Å². The van der Waals surface area contributed by atoms with Crippen LogP contribution in [0, 0.1) is 0 Å². The second kappa shape index (κ2) is 11.5. The first kappa shape index (κ1) is 26.7. The van der Waals surface area contributed by atoms with Gasteiger partial charge in [0.15, 0.2) is 0 Å². The molecule has 0 bridgehead atoms. The number of hydrogen-bond donors (Lipinski definition) is 0. The summed E-state index contributed by atoms with van der Waals surface area (Å²) in [5.41, 5.74) is 2.92. The van der Waals surface area contributed by atoms with Crippen LogP contribution < -0.4 is 4.74 Å². The van der Waals surface area contributed by atoms with Gasteiger partial charge in [-0.3, -0.25) is 14.7 Å². The number of halogens is 3. The SMILES string of the molecule is CN(Cc1ccc(OC2CCN(C(=O)c3ccc(C(F)(F)F)cc3)CC2)cc1)Cc1ccc2ncccc2c1. The second-order valence-corrected chi connectivity index (χ2v) is 10.0. The fraction of sp³-hybridized carbons (Fsp3) is 0.290. The highest BCUT2D eigenvalue weighted by molar-refractivity contribution is 5.94. The van der Waals surface area contributed by atoms with Gasteiger partial charge in [0.1, 0.15) is 11.9 Å². The monoisotopic (exact) mass is 533 g/mol. The number of carbonyl (C=O) groups is 1. The van der Waals surface area contributed by atoms with Gasteiger partial charge in [0.2, 0.25) is 0 Å². The third kappa shape index (κ3) is 6.75. The molecule has 1 aromatic heterocycles. The maximum Gasteiger partial charge on any atom is 0.416 e. The molecule has 0 saturated carbocycles. The topological polar surface area (TPSA) is 45.7 Å². The summed E-state index contributed by atoms with van der Waals surface area (Å²) in [6, 6.07) is 22.9. The Morgan fingerprint density at radius 1 is 0.949 bits per heavy atom. The van der Waals surface area contributed by atoms with E-state index in [2.05, 4.69) is 53.3 Å². The van der Waals surface area contributed by atoms with Gasteiger partial charge in [0.25, 0.3) is 5.91 Å². The van der Waals surface area contributed by atoms with E-state index in [1.54, 1.807) is 11.1 Å². The van der Waals surface area contributed by atoms with Crippen molar-refractivity contribution in [1.82, 2.24) is 14.8 Å². The molecular weight excluding hydrogens is 503 g/mol. The minimum atomic E-state index is -4.42. The summed E-state index contributed by atoms with van der Waals surface area (Å²) < 4.78 is 44.5. The molecule has 5 rings (SSSR count). The number of aromatic nitrogens is 1. The number of carbonyl (C=O) groups excluding carboxylic acids is 1. The molecule has 2 heterocycles. The average Bonchev–Trinajstić information content (AvgIpc) is 2.94. The molecule has 0 unspecified atom stereocenters. The Morgan fingerprint density at radius 3 is 2.31 bits per heavy atom. The van der Waals surface area contributed by atoms with E-state index in [-0.39, 0.29) is 17.6 Å². The minimum absolute atomic E-state index is 0.0161. The standard InChI is InChI=1S/C31H30F3N3O2/c1-36(21-23-6-13-29-25(19-23)3-2-16-35-29)20-22-4-11-27(12-5-22)39-28-14-17-37(18-15-28)30(38)24-7-9-26(10-8-24)31(32,33)34/h2-13,16,19,28H,14-15,17-18,20-21H2,1H3. The number of likely N-dealkylation sites (tertiary alicyclic amines) is 1. The van der Waals surface area contributed by atoms with Gasteiger partial charge in [0.05, 0.1) is 11.1 Å². The van der Waals surface area contributed by atoms with Crippen molar-refractivity contribution < 1.29 is 22.7 Å². The predicted molar refractivity (Wildman–Crippen MR) is 144 cm³/mol. The lowest BCUT2D eigenvalue weighted by molar-refractivity contribution is -0.137. The number of fused-ring (bicyclic) bond motifs is 1. The van der Waals surface area contributed by atoms with Crippen LogP contribution in [0.4, 0.5) is 13.2 Å². The molecule has 1 aliphatic rings. The number of piperidine rings is 1. The summed E-state index contributed by atoms with van der Waals surface area (Å²) in [7, 11) is 2.09. The molecule has 0 radical (unpaired) electrons. The highest BCUT2D eigenvalue weighted by Gasteiger charge is 2.31. The Morgan fingerprint density at radius 2 is 1.62 bits per heavy atom. The van der Waals surface area contributed by atoms with Crippen LogP contribution in [-0.4, -0.2) is 46.9 Å². The highest BCUT2D eigenvalue weighted by atomic mass is 19.4. The lowest BCUT2D eigenvalue weighted by atomic mass is 10.1. The largest absolute Gasteiger partial charge is 0.490 e. The average molecular weight is 534 g/mol. The van der Waals surface area contributed by atoms with Gasteiger partial charge in [-0.15, -0.1) is 0 Å². The molecule has 0 N–H and O–H groups in total. The molecule has 5 nitrogen and oxygen atoms in total. The zero-order valence-electron chi connectivity index (χ0n) is 21.7. The van der Waals surface area contributed by atoms with Crippen molar-refractivity contribution in [3.8, 4) is 5.75 Å². The van der Waals surface area contributed by atoms with Crippen LogP contribution in [-0.2, 0) is 19.3 Å². The van der Waals surface area contributed by atoms with Crippen molar-refractivity contribution in [1.29, 1.82) is 0 Å². The molecule has 0 atom stereocenters. The van der Waals surface area contributed by atoms with E-state index in [0.29, 0.717) is 25.9 Å². The molecule has 1 aliphatic heterocycles. The summed E-state index contributed by atoms with van der Waals surface area (Å²) in [4.78, 5) is 21.0. The fourth-order valence-electron chi connectivity index (χ4n) is 4.93. The van der Waals surface area contributed by atoms with Gasteiger partial charge >= 0.3 is 6.18 Å². The molecule has 202 valence electrons. The number of alkyl halides is 3. The molecule has 39 heavy (non-hydrogen) atoms.